The minimum Gasteiger partial charge on any atom is -0.476 e. The number of rotatable bonds is 6. The molecular formula is C16H19N5O5S. The summed E-state index contributed by atoms with van der Waals surface area (Å²) in [7, 11) is -3.60. The van der Waals surface area contributed by atoms with Crippen molar-refractivity contribution in [1.82, 2.24) is 19.3 Å². The third-order valence-corrected chi connectivity index (χ3v) is 6.03. The number of aromatic carboxylic acids is 1. The van der Waals surface area contributed by atoms with Gasteiger partial charge in [0.1, 0.15) is 6.54 Å². The van der Waals surface area contributed by atoms with Crippen LogP contribution in [0.25, 0.3) is 0 Å². The van der Waals surface area contributed by atoms with Crippen LogP contribution in [0.5, 0.6) is 0 Å². The van der Waals surface area contributed by atoms with Crippen molar-refractivity contribution in [3.63, 3.8) is 0 Å². The molecule has 3 rings (SSSR count). The number of hydrogen-bond acceptors (Lipinski definition) is 6. The Labute approximate surface area is 155 Å². The van der Waals surface area contributed by atoms with Gasteiger partial charge in [0.05, 0.1) is 11.1 Å². The smallest absolute Gasteiger partial charge is 0.358 e. The molecule has 10 nitrogen and oxygen atoms in total. The number of amides is 1. The second kappa shape index (κ2) is 7.84. The Hall–Kier alpha value is -2.79. The molecule has 0 bridgehead atoms. The van der Waals surface area contributed by atoms with Gasteiger partial charge in [0, 0.05) is 18.8 Å². The summed E-state index contributed by atoms with van der Waals surface area (Å²) < 4.78 is 28.0. The second-order valence-electron chi connectivity index (χ2n) is 6.15. The number of carboxylic acid groups (broad SMARTS) is 1. The molecule has 1 aromatic carbocycles. The van der Waals surface area contributed by atoms with E-state index in [9.17, 15) is 18.0 Å². The maximum absolute atomic E-state index is 12.7. The molecule has 2 N–H and O–H groups in total. The van der Waals surface area contributed by atoms with Crippen molar-refractivity contribution in [3.8, 4) is 0 Å². The Morgan fingerprint density at radius 3 is 2.59 bits per heavy atom. The van der Waals surface area contributed by atoms with Crippen molar-refractivity contribution in [1.29, 1.82) is 0 Å². The van der Waals surface area contributed by atoms with Gasteiger partial charge in [-0.15, -0.1) is 5.10 Å². The fourth-order valence-electron chi connectivity index (χ4n) is 2.81. The van der Waals surface area contributed by atoms with Gasteiger partial charge in [-0.2, -0.15) is 4.31 Å². The molecule has 1 aliphatic rings. The van der Waals surface area contributed by atoms with E-state index in [1.165, 1.54) is 16.4 Å². The predicted molar refractivity (Wildman–Crippen MR) is 94.7 cm³/mol. The number of carbonyl (C=O) groups excluding carboxylic acids is 1. The van der Waals surface area contributed by atoms with Crippen LogP contribution >= 0.6 is 0 Å². The Morgan fingerprint density at radius 1 is 1.19 bits per heavy atom. The fourth-order valence-corrected chi connectivity index (χ4v) is 4.37. The van der Waals surface area contributed by atoms with Gasteiger partial charge in [-0.1, -0.05) is 17.7 Å². The number of carbonyl (C=O) groups is 2. The summed E-state index contributed by atoms with van der Waals surface area (Å²) in [5.41, 5.74) is 0.0640. The maximum atomic E-state index is 12.7. The lowest BCUT2D eigenvalue weighted by molar-refractivity contribution is -0.116. The van der Waals surface area contributed by atoms with E-state index >= 15 is 0 Å². The van der Waals surface area contributed by atoms with Gasteiger partial charge < -0.3 is 10.4 Å². The summed E-state index contributed by atoms with van der Waals surface area (Å²) >= 11 is 0. The van der Waals surface area contributed by atoms with Gasteiger partial charge in [0.2, 0.25) is 15.9 Å². The molecule has 11 heteroatoms. The normalized spacial score (nSPS) is 15.4. The second-order valence-corrected chi connectivity index (χ2v) is 8.09. The number of nitrogens with zero attached hydrogens (tertiary/aromatic N) is 4. The third kappa shape index (κ3) is 4.49. The fraction of sp³-hybridized carbons (Fsp3) is 0.375. The van der Waals surface area contributed by atoms with E-state index in [1.54, 1.807) is 12.1 Å². The highest BCUT2D eigenvalue weighted by atomic mass is 32.2. The molecule has 2 heterocycles. The van der Waals surface area contributed by atoms with Gasteiger partial charge in [-0.3, -0.25) is 4.79 Å². The van der Waals surface area contributed by atoms with Gasteiger partial charge in [-0.05, 0) is 31.0 Å². The predicted octanol–water partition coefficient (Wildman–Crippen LogP) is 0.790. The van der Waals surface area contributed by atoms with Crippen LogP contribution in [-0.4, -0.2) is 57.8 Å². The summed E-state index contributed by atoms with van der Waals surface area (Å²) in [5.74, 6) is -1.72. The number of carboxylic acids is 1. The molecule has 27 heavy (non-hydrogen) atoms. The number of benzene rings is 1. The van der Waals surface area contributed by atoms with E-state index in [-0.39, 0.29) is 17.1 Å². The Morgan fingerprint density at radius 2 is 1.93 bits per heavy atom. The van der Waals surface area contributed by atoms with Crippen LogP contribution in [0, 0.1) is 0 Å². The molecule has 144 valence electrons. The van der Waals surface area contributed by atoms with Crippen LogP contribution in [0.2, 0.25) is 0 Å². The standard InChI is InChI=1S/C16H19N5O5S/c22-15(11-20-10-14(16(23)24)18-19-20)17-12-5-4-6-13(9-12)27(25,26)21-7-2-1-3-8-21/h4-6,9-10H,1-3,7-8,11H2,(H,17,22)(H,23,24). The largest absolute Gasteiger partial charge is 0.476 e. The molecule has 1 fully saturated rings. The molecule has 0 atom stereocenters. The van der Waals surface area contributed by atoms with E-state index in [0.29, 0.717) is 18.8 Å². The van der Waals surface area contributed by atoms with Gasteiger partial charge >= 0.3 is 5.97 Å². The molecule has 1 aromatic heterocycles. The lowest BCUT2D eigenvalue weighted by Gasteiger charge is -2.26. The molecule has 1 amide bonds. The zero-order valence-corrected chi connectivity index (χ0v) is 15.2. The summed E-state index contributed by atoms with van der Waals surface area (Å²) in [5, 5.41) is 18.4. The first-order chi connectivity index (χ1) is 12.9. The lowest BCUT2D eigenvalue weighted by atomic mass is 10.2. The summed E-state index contributed by atoms with van der Waals surface area (Å²) in [6.45, 7) is 0.748. The number of sulfonamides is 1. The molecule has 0 radical (unpaired) electrons. The van der Waals surface area contributed by atoms with Crippen molar-refractivity contribution in [2.75, 3.05) is 18.4 Å². The first-order valence-electron chi connectivity index (χ1n) is 8.40. The topological polar surface area (TPSA) is 134 Å². The molecular weight excluding hydrogens is 374 g/mol. The van der Waals surface area contributed by atoms with Gasteiger partial charge in [-0.25, -0.2) is 17.9 Å². The van der Waals surface area contributed by atoms with E-state index in [2.05, 4.69) is 15.6 Å². The average Bonchev–Trinajstić information content (AvgIpc) is 3.11. The van der Waals surface area contributed by atoms with Gasteiger partial charge in [0.15, 0.2) is 5.69 Å². The van der Waals surface area contributed by atoms with Crippen LogP contribution < -0.4 is 5.32 Å². The molecule has 0 saturated carbocycles. The number of nitrogens with one attached hydrogen (secondary N) is 1. The Bertz CT molecular complexity index is 950. The molecule has 0 aliphatic carbocycles. The van der Waals surface area contributed by atoms with Crippen molar-refractivity contribution >= 4 is 27.6 Å². The monoisotopic (exact) mass is 393 g/mol. The molecule has 1 saturated heterocycles. The molecule has 0 spiro atoms. The van der Waals surface area contributed by atoms with Crippen molar-refractivity contribution in [2.45, 2.75) is 30.7 Å². The summed E-state index contributed by atoms with van der Waals surface area (Å²) in [4.78, 5) is 23.0. The van der Waals surface area contributed by atoms with Crippen LogP contribution in [0.1, 0.15) is 29.8 Å². The van der Waals surface area contributed by atoms with E-state index in [4.69, 9.17) is 5.11 Å². The van der Waals surface area contributed by atoms with E-state index < -0.39 is 21.9 Å². The SMILES string of the molecule is O=C(Cn1cc(C(=O)O)nn1)Nc1cccc(S(=O)(=O)N2CCCCC2)c1. The summed E-state index contributed by atoms with van der Waals surface area (Å²) in [6.07, 6.45) is 3.84. The zero-order valence-electron chi connectivity index (χ0n) is 14.4. The number of aromatic nitrogens is 3. The molecule has 2 aromatic rings. The van der Waals surface area contributed by atoms with E-state index in [1.807, 2.05) is 0 Å². The quantitative estimate of drug-likeness (QED) is 0.741. The van der Waals surface area contributed by atoms with Crippen molar-refractivity contribution < 1.29 is 23.1 Å². The highest BCUT2D eigenvalue weighted by molar-refractivity contribution is 7.89. The average molecular weight is 393 g/mol. The minimum atomic E-state index is -3.60. The maximum Gasteiger partial charge on any atom is 0.358 e. The summed E-state index contributed by atoms with van der Waals surface area (Å²) in [6, 6.07) is 6.05. The highest BCUT2D eigenvalue weighted by Gasteiger charge is 2.26. The number of anilines is 1. The first-order valence-corrected chi connectivity index (χ1v) is 9.84. The van der Waals surface area contributed by atoms with Crippen molar-refractivity contribution in [3.05, 3.63) is 36.2 Å². The van der Waals surface area contributed by atoms with E-state index in [0.717, 1.165) is 30.1 Å². The third-order valence-electron chi connectivity index (χ3n) is 4.13. The molecule has 1 aliphatic heterocycles. The van der Waals surface area contributed by atoms with Crippen LogP contribution in [0.15, 0.2) is 35.4 Å². The van der Waals surface area contributed by atoms with Gasteiger partial charge in [0.25, 0.3) is 0 Å². The van der Waals surface area contributed by atoms with Crippen molar-refractivity contribution in [2.24, 2.45) is 0 Å². The zero-order chi connectivity index (χ0) is 19.4. The Kier molecular flexibility index (Phi) is 5.51. The number of hydrogen-bond donors (Lipinski definition) is 2. The van der Waals surface area contributed by atoms with Crippen LogP contribution in [0.4, 0.5) is 5.69 Å². The van der Waals surface area contributed by atoms with Crippen LogP contribution in [-0.2, 0) is 21.4 Å². The molecule has 0 unspecified atom stereocenters. The Balaban J connectivity index is 1.69. The van der Waals surface area contributed by atoms with Crippen LogP contribution in [0.3, 0.4) is 0 Å². The first kappa shape index (κ1) is 19.0. The highest BCUT2D eigenvalue weighted by Crippen LogP contribution is 2.22. The number of piperidine rings is 1. The lowest BCUT2D eigenvalue weighted by Crippen LogP contribution is -2.35. The minimum absolute atomic E-state index is 0.121.